The van der Waals surface area contributed by atoms with Gasteiger partial charge in [-0.25, -0.2) is 14.4 Å². The molecule has 0 bridgehead atoms. The molecule has 4 nitrogen and oxygen atoms in total. The van der Waals surface area contributed by atoms with Crippen molar-refractivity contribution in [3.05, 3.63) is 64.4 Å². The molecule has 3 aromatic rings. The quantitative estimate of drug-likeness (QED) is 0.705. The van der Waals surface area contributed by atoms with Crippen molar-refractivity contribution >= 4 is 40.5 Å². The van der Waals surface area contributed by atoms with E-state index in [1.165, 1.54) is 6.07 Å². The Labute approximate surface area is 142 Å². The van der Waals surface area contributed by atoms with E-state index in [4.69, 9.17) is 28.9 Å². The average Bonchev–Trinajstić information content (AvgIpc) is 2.51. The first-order chi connectivity index (χ1) is 11.0. The Balaban J connectivity index is 1.97. The Morgan fingerprint density at radius 1 is 0.957 bits per heavy atom. The van der Waals surface area contributed by atoms with Gasteiger partial charge in [0.1, 0.15) is 17.5 Å². The summed E-state index contributed by atoms with van der Waals surface area (Å²) < 4.78 is 13.9. The lowest BCUT2D eigenvalue weighted by molar-refractivity contribution is 0.630. The third kappa shape index (κ3) is 3.52. The van der Waals surface area contributed by atoms with E-state index in [-0.39, 0.29) is 17.2 Å². The molecular formula is C16H11Cl2FN4. The molecule has 0 aliphatic carbocycles. The van der Waals surface area contributed by atoms with Crippen molar-refractivity contribution in [2.24, 2.45) is 0 Å². The lowest BCUT2D eigenvalue weighted by atomic mass is 10.2. The van der Waals surface area contributed by atoms with Crippen LogP contribution in [0, 0.1) is 5.82 Å². The van der Waals surface area contributed by atoms with Gasteiger partial charge in [0.2, 0.25) is 0 Å². The molecule has 0 unspecified atom stereocenters. The topological polar surface area (TPSA) is 63.8 Å². The molecule has 1 aromatic heterocycles. The standard InChI is InChI=1S/C16H11Cl2FN4/c17-11-6-5-9(7-12(11)18)21-15-8-14(20)22-16(23-15)10-3-1-2-4-13(10)19/h1-8H,(H3,20,21,22,23). The highest BCUT2D eigenvalue weighted by Gasteiger charge is 2.10. The Bertz CT molecular complexity index is 870. The molecule has 0 radical (unpaired) electrons. The number of nitrogen functional groups attached to an aromatic ring is 1. The van der Waals surface area contributed by atoms with Gasteiger partial charge in [-0.1, -0.05) is 35.3 Å². The van der Waals surface area contributed by atoms with E-state index in [2.05, 4.69) is 15.3 Å². The van der Waals surface area contributed by atoms with Crippen LogP contribution < -0.4 is 11.1 Å². The van der Waals surface area contributed by atoms with E-state index in [0.717, 1.165) is 0 Å². The number of anilines is 3. The zero-order chi connectivity index (χ0) is 16.4. The Morgan fingerprint density at radius 2 is 1.74 bits per heavy atom. The first-order valence-electron chi connectivity index (χ1n) is 6.64. The van der Waals surface area contributed by atoms with Crippen LogP contribution in [-0.2, 0) is 0 Å². The summed E-state index contributed by atoms with van der Waals surface area (Å²) in [7, 11) is 0. The minimum Gasteiger partial charge on any atom is -0.384 e. The van der Waals surface area contributed by atoms with Crippen molar-refractivity contribution < 1.29 is 4.39 Å². The Morgan fingerprint density at radius 3 is 2.48 bits per heavy atom. The molecule has 0 saturated heterocycles. The number of nitrogens with one attached hydrogen (secondary N) is 1. The van der Waals surface area contributed by atoms with Gasteiger partial charge in [0, 0.05) is 11.8 Å². The number of hydrogen-bond acceptors (Lipinski definition) is 4. The number of rotatable bonds is 3. The maximum Gasteiger partial charge on any atom is 0.166 e. The van der Waals surface area contributed by atoms with Crippen LogP contribution in [0.4, 0.5) is 21.7 Å². The highest BCUT2D eigenvalue weighted by molar-refractivity contribution is 6.42. The van der Waals surface area contributed by atoms with Crippen LogP contribution >= 0.6 is 23.2 Å². The third-order valence-corrected chi connectivity index (χ3v) is 3.79. The number of hydrogen-bond donors (Lipinski definition) is 2. The lowest BCUT2D eigenvalue weighted by Gasteiger charge is -2.09. The number of nitrogens with zero attached hydrogens (tertiary/aromatic N) is 2. The zero-order valence-electron chi connectivity index (χ0n) is 11.7. The molecule has 0 atom stereocenters. The highest BCUT2D eigenvalue weighted by Crippen LogP contribution is 2.28. The van der Waals surface area contributed by atoms with E-state index in [1.807, 2.05) is 0 Å². The summed E-state index contributed by atoms with van der Waals surface area (Å²) in [5.41, 5.74) is 6.75. The molecule has 0 fully saturated rings. The molecule has 0 amide bonds. The normalized spacial score (nSPS) is 10.6. The van der Waals surface area contributed by atoms with Gasteiger partial charge in [0.25, 0.3) is 0 Å². The summed E-state index contributed by atoms with van der Waals surface area (Å²) in [5, 5.41) is 3.91. The molecule has 7 heteroatoms. The predicted octanol–water partition coefficient (Wildman–Crippen LogP) is 4.92. The molecule has 0 spiro atoms. The molecule has 23 heavy (non-hydrogen) atoms. The number of aromatic nitrogens is 2. The fraction of sp³-hybridized carbons (Fsp3) is 0. The minimum absolute atomic E-state index is 0.200. The summed E-state index contributed by atoms with van der Waals surface area (Å²) in [6.45, 7) is 0. The first kappa shape index (κ1) is 15.5. The summed E-state index contributed by atoms with van der Waals surface area (Å²) in [5.74, 6) is 0.430. The van der Waals surface area contributed by atoms with Gasteiger partial charge in [-0.2, -0.15) is 0 Å². The molecule has 0 aliphatic rings. The van der Waals surface area contributed by atoms with Crippen molar-refractivity contribution in [2.45, 2.75) is 0 Å². The summed E-state index contributed by atoms with van der Waals surface area (Å²) in [4.78, 5) is 8.37. The number of halogens is 3. The van der Waals surface area contributed by atoms with Gasteiger partial charge in [-0.3, -0.25) is 0 Å². The fourth-order valence-electron chi connectivity index (χ4n) is 2.01. The SMILES string of the molecule is Nc1cc(Nc2ccc(Cl)c(Cl)c2)nc(-c2ccccc2F)n1. The smallest absolute Gasteiger partial charge is 0.166 e. The Hall–Kier alpha value is -2.37. The van der Waals surface area contributed by atoms with E-state index >= 15 is 0 Å². The van der Waals surface area contributed by atoms with Gasteiger partial charge in [0.05, 0.1) is 15.6 Å². The monoisotopic (exact) mass is 348 g/mol. The van der Waals surface area contributed by atoms with Crippen LogP contribution in [0.3, 0.4) is 0 Å². The van der Waals surface area contributed by atoms with Gasteiger partial charge < -0.3 is 11.1 Å². The molecule has 3 N–H and O–H groups in total. The van der Waals surface area contributed by atoms with Crippen LogP contribution in [0.1, 0.15) is 0 Å². The Kier molecular flexibility index (Phi) is 4.32. The second kappa shape index (κ2) is 6.40. The predicted molar refractivity (Wildman–Crippen MR) is 91.6 cm³/mol. The molecular weight excluding hydrogens is 338 g/mol. The van der Waals surface area contributed by atoms with E-state index < -0.39 is 5.82 Å². The summed E-state index contributed by atoms with van der Waals surface area (Å²) >= 11 is 11.9. The highest BCUT2D eigenvalue weighted by atomic mass is 35.5. The van der Waals surface area contributed by atoms with Gasteiger partial charge >= 0.3 is 0 Å². The number of nitrogens with two attached hydrogens (primary N) is 1. The van der Waals surface area contributed by atoms with Crippen molar-refractivity contribution in [2.75, 3.05) is 11.1 Å². The fourth-order valence-corrected chi connectivity index (χ4v) is 2.31. The summed E-state index contributed by atoms with van der Waals surface area (Å²) in [6.07, 6.45) is 0. The third-order valence-electron chi connectivity index (χ3n) is 3.05. The van der Waals surface area contributed by atoms with Crippen LogP contribution in [-0.4, -0.2) is 9.97 Å². The van der Waals surface area contributed by atoms with E-state index in [0.29, 0.717) is 21.6 Å². The van der Waals surface area contributed by atoms with Crippen LogP contribution in [0.5, 0.6) is 0 Å². The largest absolute Gasteiger partial charge is 0.384 e. The maximum atomic E-state index is 13.9. The average molecular weight is 349 g/mol. The van der Waals surface area contributed by atoms with E-state index in [9.17, 15) is 4.39 Å². The van der Waals surface area contributed by atoms with Gasteiger partial charge in [0.15, 0.2) is 5.82 Å². The van der Waals surface area contributed by atoms with Crippen molar-refractivity contribution in [3.63, 3.8) is 0 Å². The molecule has 0 saturated carbocycles. The van der Waals surface area contributed by atoms with Crippen LogP contribution in [0.2, 0.25) is 10.0 Å². The van der Waals surface area contributed by atoms with Crippen molar-refractivity contribution in [1.82, 2.24) is 9.97 Å². The second-order valence-electron chi connectivity index (χ2n) is 4.74. The van der Waals surface area contributed by atoms with E-state index in [1.54, 1.807) is 42.5 Å². The van der Waals surface area contributed by atoms with Gasteiger partial charge in [-0.15, -0.1) is 0 Å². The molecule has 2 aromatic carbocycles. The number of benzene rings is 2. The second-order valence-corrected chi connectivity index (χ2v) is 5.55. The molecule has 3 rings (SSSR count). The zero-order valence-corrected chi connectivity index (χ0v) is 13.2. The van der Waals surface area contributed by atoms with Crippen molar-refractivity contribution in [3.8, 4) is 11.4 Å². The molecule has 116 valence electrons. The minimum atomic E-state index is -0.418. The van der Waals surface area contributed by atoms with Crippen molar-refractivity contribution in [1.29, 1.82) is 0 Å². The first-order valence-corrected chi connectivity index (χ1v) is 7.40. The van der Waals surface area contributed by atoms with Crippen LogP contribution in [0.25, 0.3) is 11.4 Å². The maximum absolute atomic E-state index is 13.9. The van der Waals surface area contributed by atoms with Gasteiger partial charge in [-0.05, 0) is 30.3 Å². The molecule has 0 aliphatic heterocycles. The summed E-state index contributed by atoms with van der Waals surface area (Å²) in [6, 6.07) is 12.8. The lowest BCUT2D eigenvalue weighted by Crippen LogP contribution is -2.02. The molecule has 1 heterocycles. The van der Waals surface area contributed by atoms with Crippen LogP contribution in [0.15, 0.2) is 48.5 Å².